The van der Waals surface area contributed by atoms with Crippen molar-refractivity contribution in [1.82, 2.24) is 24.6 Å². The highest BCUT2D eigenvalue weighted by Gasteiger charge is 2.29. The number of rotatable bonds is 5. The lowest BCUT2D eigenvalue weighted by molar-refractivity contribution is -0.134. The Bertz CT molecular complexity index is 1170. The second-order valence-electron chi connectivity index (χ2n) is 8.58. The van der Waals surface area contributed by atoms with Crippen molar-refractivity contribution in [2.45, 2.75) is 38.8 Å². The summed E-state index contributed by atoms with van der Waals surface area (Å²) in [5.74, 6) is 0.777. The van der Waals surface area contributed by atoms with Crippen LogP contribution in [0.3, 0.4) is 0 Å². The number of benzene rings is 2. The lowest BCUT2D eigenvalue weighted by atomic mass is 9.91. The van der Waals surface area contributed by atoms with Gasteiger partial charge in [0.25, 0.3) is 0 Å². The third kappa shape index (κ3) is 4.10. The summed E-state index contributed by atoms with van der Waals surface area (Å²) in [5, 5.41) is 6.89. The number of piperidine rings is 1. The van der Waals surface area contributed by atoms with Crippen molar-refractivity contribution in [3.8, 4) is 11.1 Å². The minimum atomic E-state index is 0.233. The lowest BCUT2D eigenvalue weighted by Gasteiger charge is -2.38. The fourth-order valence-corrected chi connectivity index (χ4v) is 4.75. The summed E-state index contributed by atoms with van der Waals surface area (Å²) in [6, 6.07) is 16.7. The Hall–Kier alpha value is -3.41. The lowest BCUT2D eigenvalue weighted by Crippen LogP contribution is -2.45. The molecule has 5 rings (SSSR count). The molecule has 4 aromatic rings. The zero-order valence-corrected chi connectivity index (χ0v) is 17.7. The summed E-state index contributed by atoms with van der Waals surface area (Å²) in [6.45, 7) is 3.94. The number of aromatic nitrogens is 4. The van der Waals surface area contributed by atoms with Crippen molar-refractivity contribution in [3.63, 3.8) is 0 Å². The van der Waals surface area contributed by atoms with Crippen LogP contribution >= 0.6 is 0 Å². The molecule has 2 atom stereocenters. The van der Waals surface area contributed by atoms with E-state index in [0.717, 1.165) is 53.7 Å². The van der Waals surface area contributed by atoms with E-state index < -0.39 is 0 Å². The van der Waals surface area contributed by atoms with Gasteiger partial charge in [0.2, 0.25) is 5.91 Å². The van der Waals surface area contributed by atoms with E-state index in [4.69, 9.17) is 0 Å². The molecule has 1 fully saturated rings. The summed E-state index contributed by atoms with van der Waals surface area (Å²) < 4.78 is 2.26. The molecule has 6 nitrogen and oxygen atoms in total. The maximum Gasteiger partial charge on any atom is 0.227 e. The van der Waals surface area contributed by atoms with Crippen LogP contribution < -0.4 is 0 Å². The van der Waals surface area contributed by atoms with Gasteiger partial charge in [-0.05, 0) is 48.9 Å². The first-order valence-corrected chi connectivity index (χ1v) is 10.9. The molecule has 158 valence electrons. The van der Waals surface area contributed by atoms with E-state index in [2.05, 4.69) is 49.8 Å². The second kappa shape index (κ2) is 8.38. The first-order chi connectivity index (χ1) is 15.2. The Morgan fingerprint density at radius 2 is 2.03 bits per heavy atom. The van der Waals surface area contributed by atoms with Crippen molar-refractivity contribution in [1.29, 1.82) is 0 Å². The predicted octanol–water partition coefficient (Wildman–Crippen LogP) is 4.30. The number of amides is 1. The number of fused-ring (bicyclic) bond motifs is 1. The highest BCUT2D eigenvalue weighted by atomic mass is 16.2. The molecule has 1 amide bonds. The molecule has 2 aromatic carbocycles. The molecule has 2 unspecified atom stereocenters. The van der Waals surface area contributed by atoms with Crippen molar-refractivity contribution < 1.29 is 4.79 Å². The first kappa shape index (κ1) is 19.5. The van der Waals surface area contributed by atoms with Crippen LogP contribution in [0.2, 0.25) is 0 Å². The van der Waals surface area contributed by atoms with Gasteiger partial charge in [0.15, 0.2) is 0 Å². The molecule has 0 aliphatic carbocycles. The standard InChI is InChI=1S/C25H27N5O/c1-18-11-20(9-10-30(18)25(31)12-19-5-3-2-4-6-19)16-29-17-26-23-13-21(7-8-24(23)29)22-14-27-28-15-22/h2-8,13-15,17-18,20H,9-12,16H2,1H3,(H,27,28). The third-order valence-electron chi connectivity index (χ3n) is 6.41. The first-order valence-electron chi connectivity index (χ1n) is 10.9. The molecule has 0 saturated carbocycles. The molecule has 6 heteroatoms. The number of imidazole rings is 1. The van der Waals surface area contributed by atoms with Crippen LogP contribution in [0.1, 0.15) is 25.3 Å². The van der Waals surface area contributed by atoms with Gasteiger partial charge in [-0.2, -0.15) is 5.10 Å². The summed E-state index contributed by atoms with van der Waals surface area (Å²) in [5.41, 5.74) is 5.43. The van der Waals surface area contributed by atoms with Crippen LogP contribution in [0.4, 0.5) is 0 Å². The number of nitrogens with one attached hydrogen (secondary N) is 1. The van der Waals surface area contributed by atoms with Gasteiger partial charge in [-0.15, -0.1) is 0 Å². The summed E-state index contributed by atoms with van der Waals surface area (Å²) in [7, 11) is 0. The van der Waals surface area contributed by atoms with E-state index in [1.54, 1.807) is 0 Å². The second-order valence-corrected chi connectivity index (χ2v) is 8.58. The molecule has 0 spiro atoms. The van der Waals surface area contributed by atoms with Crippen LogP contribution in [-0.2, 0) is 17.8 Å². The molecule has 31 heavy (non-hydrogen) atoms. The van der Waals surface area contributed by atoms with Gasteiger partial charge in [0, 0.05) is 30.9 Å². The topological polar surface area (TPSA) is 66.8 Å². The fourth-order valence-electron chi connectivity index (χ4n) is 4.75. The van der Waals surface area contributed by atoms with Crippen molar-refractivity contribution >= 4 is 16.9 Å². The van der Waals surface area contributed by atoms with Crippen molar-refractivity contribution in [2.75, 3.05) is 6.54 Å². The molecule has 0 radical (unpaired) electrons. The number of H-pyrrole nitrogens is 1. The Balaban J connectivity index is 1.23. The SMILES string of the molecule is CC1CC(Cn2cnc3cc(-c4cn[nH]c4)ccc32)CCN1C(=O)Cc1ccccc1. The number of carbonyl (C=O) groups is 1. The average Bonchev–Trinajstić information content (AvgIpc) is 3.45. The number of aromatic amines is 1. The number of hydrogen-bond acceptors (Lipinski definition) is 3. The molecular weight excluding hydrogens is 386 g/mol. The largest absolute Gasteiger partial charge is 0.340 e. The van der Waals surface area contributed by atoms with Gasteiger partial charge in [-0.1, -0.05) is 36.4 Å². The molecule has 1 aliphatic heterocycles. The van der Waals surface area contributed by atoms with E-state index in [1.165, 1.54) is 0 Å². The Labute approximate surface area is 181 Å². The molecular formula is C25H27N5O. The molecule has 2 aromatic heterocycles. The van der Waals surface area contributed by atoms with E-state index >= 15 is 0 Å². The van der Waals surface area contributed by atoms with Gasteiger partial charge in [0.1, 0.15) is 0 Å². The van der Waals surface area contributed by atoms with E-state index in [0.29, 0.717) is 12.3 Å². The highest BCUT2D eigenvalue weighted by molar-refractivity contribution is 5.82. The van der Waals surface area contributed by atoms with Crippen LogP contribution in [0.5, 0.6) is 0 Å². The quantitative estimate of drug-likeness (QED) is 0.531. The molecule has 0 bridgehead atoms. The summed E-state index contributed by atoms with van der Waals surface area (Å²) in [4.78, 5) is 19.5. The molecule has 1 aliphatic rings. The van der Waals surface area contributed by atoms with Crippen LogP contribution in [0.15, 0.2) is 67.3 Å². The van der Waals surface area contributed by atoms with Gasteiger partial charge in [0.05, 0.1) is 30.0 Å². The highest BCUT2D eigenvalue weighted by Crippen LogP contribution is 2.28. The molecule has 3 heterocycles. The van der Waals surface area contributed by atoms with E-state index in [-0.39, 0.29) is 11.9 Å². The Kier molecular flexibility index (Phi) is 5.28. The van der Waals surface area contributed by atoms with Crippen LogP contribution in [-0.4, -0.2) is 43.1 Å². The van der Waals surface area contributed by atoms with Gasteiger partial charge in [-0.3, -0.25) is 9.89 Å². The zero-order chi connectivity index (χ0) is 21.2. The smallest absolute Gasteiger partial charge is 0.227 e. The summed E-state index contributed by atoms with van der Waals surface area (Å²) >= 11 is 0. The zero-order valence-electron chi connectivity index (χ0n) is 17.7. The van der Waals surface area contributed by atoms with E-state index in [1.807, 2.05) is 49.1 Å². The van der Waals surface area contributed by atoms with Gasteiger partial charge in [-0.25, -0.2) is 4.98 Å². The minimum Gasteiger partial charge on any atom is -0.340 e. The molecule has 1 N–H and O–H groups in total. The Morgan fingerprint density at radius 1 is 1.16 bits per heavy atom. The van der Waals surface area contributed by atoms with E-state index in [9.17, 15) is 4.79 Å². The van der Waals surface area contributed by atoms with Crippen LogP contribution in [0.25, 0.3) is 22.2 Å². The van der Waals surface area contributed by atoms with Gasteiger partial charge >= 0.3 is 0 Å². The van der Waals surface area contributed by atoms with Crippen molar-refractivity contribution in [2.24, 2.45) is 5.92 Å². The third-order valence-corrected chi connectivity index (χ3v) is 6.41. The predicted molar refractivity (Wildman–Crippen MR) is 121 cm³/mol. The Morgan fingerprint density at radius 3 is 2.81 bits per heavy atom. The minimum absolute atomic E-state index is 0.233. The molecule has 1 saturated heterocycles. The maximum absolute atomic E-state index is 12.8. The number of carbonyl (C=O) groups excluding carboxylic acids is 1. The normalized spacial score (nSPS) is 19.1. The summed E-state index contributed by atoms with van der Waals surface area (Å²) in [6.07, 6.45) is 8.20. The van der Waals surface area contributed by atoms with Crippen molar-refractivity contribution in [3.05, 3.63) is 72.8 Å². The van der Waals surface area contributed by atoms with Gasteiger partial charge < -0.3 is 9.47 Å². The fraction of sp³-hybridized carbons (Fsp3) is 0.320. The maximum atomic E-state index is 12.8. The number of likely N-dealkylation sites (tertiary alicyclic amines) is 1. The monoisotopic (exact) mass is 413 g/mol. The number of nitrogens with zero attached hydrogens (tertiary/aromatic N) is 4. The van der Waals surface area contributed by atoms with Crippen LogP contribution in [0, 0.1) is 5.92 Å². The number of hydrogen-bond donors (Lipinski definition) is 1. The average molecular weight is 414 g/mol.